The third kappa shape index (κ3) is 7.96. The smallest absolute Gasteiger partial charge is 0.416 e. The van der Waals surface area contributed by atoms with Gasteiger partial charge in [-0.15, -0.1) is 0 Å². The topological polar surface area (TPSA) is 114 Å². The van der Waals surface area contributed by atoms with E-state index in [1.807, 2.05) is 6.92 Å². The Labute approximate surface area is 266 Å². The van der Waals surface area contributed by atoms with Gasteiger partial charge < -0.3 is 19.6 Å². The Morgan fingerprint density at radius 3 is 2.09 bits per heavy atom. The lowest BCUT2D eigenvalue weighted by molar-refractivity contribution is -0.144. The molecule has 5 rings (SSSR count). The third-order valence-electron chi connectivity index (χ3n) is 8.76. The Balaban J connectivity index is 1.44. The lowest BCUT2D eigenvalue weighted by Crippen LogP contribution is -2.42. The van der Waals surface area contributed by atoms with Crippen LogP contribution in [-0.2, 0) is 35.5 Å². The SMILES string of the molecule is CC[C@@H]1C[C@H](N(Cc2cc(C(F)(F)F)cc(C(F)(F)F)c2)c2ncc(-c3cnn(C)c3)cn2)CN1C(=O)O[C@H]1CC[C@H](C(=O)O)CC1. The number of hydrogen-bond acceptors (Lipinski definition) is 7. The molecule has 0 unspecified atom stereocenters. The van der Waals surface area contributed by atoms with E-state index in [0.717, 1.165) is 0 Å². The molecule has 2 atom stereocenters. The molecule has 254 valence electrons. The number of carboxylic acid groups (broad SMARTS) is 1. The van der Waals surface area contributed by atoms with Crippen LogP contribution in [0.25, 0.3) is 11.1 Å². The average Bonchev–Trinajstić information content (AvgIpc) is 3.66. The molecule has 1 saturated heterocycles. The Hall–Kier alpha value is -4.37. The maximum atomic E-state index is 13.7. The number of aromatic nitrogens is 4. The quantitative estimate of drug-likeness (QED) is 0.269. The number of benzene rings is 1. The highest BCUT2D eigenvalue weighted by Gasteiger charge is 2.41. The van der Waals surface area contributed by atoms with Crippen molar-refractivity contribution < 1.29 is 45.8 Å². The number of rotatable bonds is 8. The molecular weight excluding hydrogens is 634 g/mol. The number of likely N-dealkylation sites (tertiary alicyclic amines) is 1. The molecule has 1 aliphatic heterocycles. The fraction of sp³-hybridized carbons (Fsp3) is 0.516. The number of anilines is 1. The summed E-state index contributed by atoms with van der Waals surface area (Å²) in [7, 11) is 1.73. The third-order valence-corrected chi connectivity index (χ3v) is 8.76. The summed E-state index contributed by atoms with van der Waals surface area (Å²) in [5, 5.41) is 13.4. The van der Waals surface area contributed by atoms with Crippen LogP contribution in [0.1, 0.15) is 62.1 Å². The van der Waals surface area contributed by atoms with E-state index in [0.29, 0.717) is 61.8 Å². The second-order valence-electron chi connectivity index (χ2n) is 12.0. The summed E-state index contributed by atoms with van der Waals surface area (Å²) < 4.78 is 89.5. The van der Waals surface area contributed by atoms with Crippen LogP contribution in [-0.4, -0.2) is 66.5 Å². The predicted octanol–water partition coefficient (Wildman–Crippen LogP) is 6.55. The standard InChI is InChI=1S/C31H34F6N6O4/c1-3-24-11-25(17-43(24)29(46)47-26-6-4-19(5-7-26)27(44)45)42(28-38-12-20(13-39-28)21-14-40-41(2)16-21)15-18-8-22(30(32,33)34)10-23(9-18)31(35,36)37/h8-10,12-14,16,19,24-26H,3-7,11,15,17H2,1-2H3,(H,44,45)/t19-,24-,25+,26-/m1/s1. The molecule has 0 radical (unpaired) electrons. The molecule has 1 amide bonds. The average molecular weight is 669 g/mol. The molecule has 0 spiro atoms. The van der Waals surface area contributed by atoms with Crippen molar-refractivity contribution in [2.45, 2.75) is 82.5 Å². The zero-order chi connectivity index (χ0) is 34.1. The van der Waals surface area contributed by atoms with E-state index in [1.54, 1.807) is 24.1 Å². The van der Waals surface area contributed by atoms with Gasteiger partial charge in [0.15, 0.2) is 0 Å². The molecule has 0 bridgehead atoms. The fourth-order valence-corrected chi connectivity index (χ4v) is 6.23. The van der Waals surface area contributed by atoms with Crippen molar-refractivity contribution in [3.63, 3.8) is 0 Å². The van der Waals surface area contributed by atoms with Crippen LogP contribution in [0.5, 0.6) is 0 Å². The normalized spacial score (nSPS) is 21.9. The minimum absolute atomic E-state index is 0.0562. The predicted molar refractivity (Wildman–Crippen MR) is 156 cm³/mol. The van der Waals surface area contributed by atoms with Crippen molar-refractivity contribution in [2.24, 2.45) is 13.0 Å². The van der Waals surface area contributed by atoms with Crippen LogP contribution in [0.3, 0.4) is 0 Å². The Kier molecular flexibility index (Phi) is 9.68. The first kappa shape index (κ1) is 34.0. The molecule has 47 heavy (non-hydrogen) atoms. The highest BCUT2D eigenvalue weighted by Crippen LogP contribution is 2.38. The van der Waals surface area contributed by atoms with E-state index in [-0.39, 0.29) is 30.2 Å². The lowest BCUT2D eigenvalue weighted by atomic mass is 9.87. The summed E-state index contributed by atoms with van der Waals surface area (Å²) in [6, 6.07) is 0.517. The Morgan fingerprint density at radius 2 is 1.57 bits per heavy atom. The van der Waals surface area contributed by atoms with Gasteiger partial charge in [0, 0.05) is 55.9 Å². The zero-order valence-electron chi connectivity index (χ0n) is 25.6. The van der Waals surface area contributed by atoms with Gasteiger partial charge in [-0.3, -0.25) is 9.48 Å². The molecule has 2 fully saturated rings. The first-order chi connectivity index (χ1) is 22.1. The van der Waals surface area contributed by atoms with Gasteiger partial charge in [0.1, 0.15) is 6.10 Å². The number of amides is 1. The van der Waals surface area contributed by atoms with E-state index in [9.17, 15) is 41.0 Å². The van der Waals surface area contributed by atoms with Gasteiger partial charge in [-0.1, -0.05) is 6.92 Å². The van der Waals surface area contributed by atoms with Crippen LogP contribution in [0.15, 0.2) is 43.0 Å². The first-order valence-electron chi connectivity index (χ1n) is 15.2. The summed E-state index contributed by atoms with van der Waals surface area (Å²) >= 11 is 0. The van der Waals surface area contributed by atoms with Gasteiger partial charge in [-0.2, -0.15) is 31.4 Å². The van der Waals surface area contributed by atoms with Crippen molar-refractivity contribution in [1.82, 2.24) is 24.6 Å². The fourth-order valence-electron chi connectivity index (χ4n) is 6.23. The molecule has 1 saturated carbocycles. The van der Waals surface area contributed by atoms with E-state index < -0.39 is 60.2 Å². The van der Waals surface area contributed by atoms with E-state index in [4.69, 9.17) is 4.74 Å². The second-order valence-corrected chi connectivity index (χ2v) is 12.0. The molecule has 1 aromatic carbocycles. The molecule has 3 aromatic rings. The van der Waals surface area contributed by atoms with Gasteiger partial charge >= 0.3 is 24.4 Å². The number of ether oxygens (including phenoxy) is 1. The van der Waals surface area contributed by atoms with Crippen LogP contribution in [0.2, 0.25) is 0 Å². The maximum absolute atomic E-state index is 13.7. The summed E-state index contributed by atoms with van der Waals surface area (Å²) in [4.78, 5) is 36.6. The summed E-state index contributed by atoms with van der Waals surface area (Å²) in [5.74, 6) is -1.32. The van der Waals surface area contributed by atoms with Gasteiger partial charge in [-0.25, -0.2) is 14.8 Å². The molecule has 1 N–H and O–H groups in total. The summed E-state index contributed by atoms with van der Waals surface area (Å²) in [6.07, 6.45) is -2.40. The number of carboxylic acids is 1. The van der Waals surface area contributed by atoms with Crippen molar-refractivity contribution in [3.05, 3.63) is 59.7 Å². The molecule has 1 aliphatic carbocycles. The number of nitrogens with zero attached hydrogens (tertiary/aromatic N) is 6. The van der Waals surface area contributed by atoms with Crippen molar-refractivity contribution >= 4 is 18.0 Å². The minimum Gasteiger partial charge on any atom is -0.481 e. The van der Waals surface area contributed by atoms with Crippen molar-refractivity contribution in [2.75, 3.05) is 11.4 Å². The molecule has 10 nitrogen and oxygen atoms in total. The number of carbonyl (C=O) groups excluding carboxylic acids is 1. The largest absolute Gasteiger partial charge is 0.481 e. The minimum atomic E-state index is -5.02. The lowest BCUT2D eigenvalue weighted by Gasteiger charge is -2.31. The number of halogens is 6. The number of alkyl halides is 6. The van der Waals surface area contributed by atoms with Gasteiger partial charge in [-0.05, 0) is 62.3 Å². The van der Waals surface area contributed by atoms with Crippen molar-refractivity contribution in [1.29, 1.82) is 0 Å². The Bertz CT molecular complexity index is 1540. The van der Waals surface area contributed by atoms with Gasteiger partial charge in [0.25, 0.3) is 0 Å². The van der Waals surface area contributed by atoms with Gasteiger partial charge in [0.05, 0.1) is 29.3 Å². The molecular formula is C31H34F6N6O4. The van der Waals surface area contributed by atoms with Crippen LogP contribution in [0.4, 0.5) is 37.1 Å². The van der Waals surface area contributed by atoms with Crippen LogP contribution in [0, 0.1) is 5.92 Å². The molecule has 2 aliphatic rings. The maximum Gasteiger partial charge on any atom is 0.416 e. The number of aliphatic carboxylic acids is 1. The summed E-state index contributed by atoms with van der Waals surface area (Å²) in [5.41, 5.74) is -1.82. The van der Waals surface area contributed by atoms with Crippen LogP contribution >= 0.6 is 0 Å². The molecule has 2 aromatic heterocycles. The number of carbonyl (C=O) groups is 2. The van der Waals surface area contributed by atoms with Crippen molar-refractivity contribution in [3.8, 4) is 11.1 Å². The zero-order valence-corrected chi connectivity index (χ0v) is 25.6. The van der Waals surface area contributed by atoms with Crippen LogP contribution < -0.4 is 4.90 Å². The highest BCUT2D eigenvalue weighted by atomic mass is 19.4. The Morgan fingerprint density at radius 1 is 0.957 bits per heavy atom. The number of aryl methyl sites for hydroxylation is 1. The summed E-state index contributed by atoms with van der Waals surface area (Å²) in [6.45, 7) is 1.51. The van der Waals surface area contributed by atoms with Gasteiger partial charge in [0.2, 0.25) is 5.95 Å². The molecule has 16 heteroatoms. The first-order valence-corrected chi connectivity index (χ1v) is 15.2. The monoisotopic (exact) mass is 668 g/mol. The van der Waals surface area contributed by atoms with E-state index >= 15 is 0 Å². The second kappa shape index (κ2) is 13.4. The highest BCUT2D eigenvalue weighted by molar-refractivity contribution is 5.70. The van der Waals surface area contributed by atoms with E-state index in [1.165, 1.54) is 22.2 Å². The van der Waals surface area contributed by atoms with E-state index in [2.05, 4.69) is 15.1 Å². The number of hydrogen-bond donors (Lipinski definition) is 1. The molecule has 3 heterocycles.